The molecule has 1 rings (SSSR count). The Kier molecular flexibility index (Phi) is 3.97. The van der Waals surface area contributed by atoms with Gasteiger partial charge in [-0.25, -0.2) is 8.57 Å². The largest absolute Gasteiger partial charge is 0.315 e. The van der Waals surface area contributed by atoms with Crippen LogP contribution in [0.15, 0.2) is 4.36 Å². The number of nitrogens with zero attached hydrogens (tertiary/aromatic N) is 1. The monoisotopic (exact) mass is 192 g/mol. The molecular formula is C7H16N2O2S. The van der Waals surface area contributed by atoms with E-state index in [0.29, 0.717) is 6.04 Å². The summed E-state index contributed by atoms with van der Waals surface area (Å²) in [5.74, 6) is 0. The fraction of sp³-hybridized carbons (Fsp3) is 1.00. The summed E-state index contributed by atoms with van der Waals surface area (Å²) < 4.78 is 19.7. The summed E-state index contributed by atoms with van der Waals surface area (Å²) in [7, 11) is 1.55. The van der Waals surface area contributed by atoms with E-state index in [2.05, 4.69) is 13.9 Å². The van der Waals surface area contributed by atoms with Crippen molar-refractivity contribution < 1.29 is 8.39 Å². The van der Waals surface area contributed by atoms with Crippen molar-refractivity contribution in [2.75, 3.05) is 14.2 Å². The highest BCUT2D eigenvalue weighted by Gasteiger charge is 2.25. The van der Waals surface area contributed by atoms with E-state index in [1.165, 1.54) is 7.11 Å². The minimum absolute atomic E-state index is 0.179. The third kappa shape index (κ3) is 2.43. The van der Waals surface area contributed by atoms with E-state index in [1.54, 1.807) is 0 Å². The minimum atomic E-state index is -1.79. The van der Waals surface area contributed by atoms with Crippen molar-refractivity contribution in [2.45, 2.75) is 31.3 Å². The van der Waals surface area contributed by atoms with Gasteiger partial charge in [-0.05, 0) is 26.3 Å². The Morgan fingerprint density at radius 1 is 1.58 bits per heavy atom. The third-order valence-electron chi connectivity index (χ3n) is 2.25. The summed E-state index contributed by atoms with van der Waals surface area (Å²) in [6.45, 7) is 0. The molecule has 72 valence electrons. The van der Waals surface area contributed by atoms with Crippen LogP contribution in [0.25, 0.3) is 0 Å². The molecule has 1 fully saturated rings. The first-order valence-electron chi connectivity index (χ1n) is 4.17. The number of likely N-dealkylation sites (N-methyl/N-ethyl adjacent to an activating group) is 1. The Labute approximate surface area is 75.1 Å². The average Bonchev–Trinajstić information content (AvgIpc) is 2.51. The summed E-state index contributed by atoms with van der Waals surface area (Å²) in [6, 6.07) is 0.567. The highest BCUT2D eigenvalue weighted by molar-refractivity contribution is 7.69. The Bertz CT molecular complexity index is 213. The predicted molar refractivity (Wildman–Crippen MR) is 49.5 cm³/mol. The summed E-state index contributed by atoms with van der Waals surface area (Å²) in [5, 5.41) is 3.17. The highest BCUT2D eigenvalue weighted by atomic mass is 32.2. The van der Waals surface area contributed by atoms with Crippen molar-refractivity contribution in [3.8, 4) is 0 Å². The lowest BCUT2D eigenvalue weighted by atomic mass is 10.2. The van der Waals surface area contributed by atoms with Crippen LogP contribution in [0.5, 0.6) is 0 Å². The van der Waals surface area contributed by atoms with Crippen molar-refractivity contribution >= 4 is 10.9 Å². The van der Waals surface area contributed by atoms with Gasteiger partial charge in [0.15, 0.2) is 10.9 Å². The van der Waals surface area contributed by atoms with Gasteiger partial charge in [0.05, 0.1) is 13.2 Å². The molecule has 1 saturated carbocycles. The van der Waals surface area contributed by atoms with E-state index in [1.807, 2.05) is 7.05 Å². The fourth-order valence-corrected chi connectivity index (χ4v) is 2.20. The fourth-order valence-electron chi connectivity index (χ4n) is 1.58. The van der Waals surface area contributed by atoms with E-state index < -0.39 is 10.9 Å². The van der Waals surface area contributed by atoms with Gasteiger partial charge in [0.1, 0.15) is 0 Å². The van der Waals surface area contributed by atoms with Gasteiger partial charge in [0.25, 0.3) is 0 Å². The maximum Gasteiger partial charge on any atom is 0.152 e. The number of rotatable bonds is 3. The molecule has 0 radical (unpaired) electrons. The van der Waals surface area contributed by atoms with E-state index in [0.717, 1.165) is 19.3 Å². The first kappa shape index (κ1) is 9.95. The second-order valence-electron chi connectivity index (χ2n) is 2.93. The summed E-state index contributed by atoms with van der Waals surface area (Å²) >= 11 is 0. The Morgan fingerprint density at radius 2 is 2.33 bits per heavy atom. The van der Waals surface area contributed by atoms with Gasteiger partial charge in [-0.3, -0.25) is 4.18 Å². The van der Waals surface area contributed by atoms with Crippen molar-refractivity contribution in [2.24, 2.45) is 4.36 Å². The summed E-state index contributed by atoms with van der Waals surface area (Å²) in [6.07, 6.45) is 3.31. The zero-order valence-electron chi connectivity index (χ0n) is 7.49. The summed E-state index contributed by atoms with van der Waals surface area (Å²) in [4.78, 5) is 0. The SMILES string of the molecule is CNC1CCCC1N=[SH](=O)OC. The van der Waals surface area contributed by atoms with E-state index in [-0.39, 0.29) is 6.04 Å². The van der Waals surface area contributed by atoms with Gasteiger partial charge < -0.3 is 5.32 Å². The topological polar surface area (TPSA) is 50.7 Å². The minimum Gasteiger partial charge on any atom is -0.315 e. The van der Waals surface area contributed by atoms with Crippen LogP contribution in [-0.4, -0.2) is 30.5 Å². The predicted octanol–water partition coefficient (Wildman–Crippen LogP) is 0.353. The molecule has 1 aliphatic carbocycles. The Hall–Kier alpha value is -0.130. The molecule has 0 aromatic carbocycles. The van der Waals surface area contributed by atoms with Crippen molar-refractivity contribution in [1.82, 2.24) is 5.32 Å². The average molecular weight is 192 g/mol. The second-order valence-corrected chi connectivity index (χ2v) is 4.00. The molecule has 3 unspecified atom stereocenters. The van der Waals surface area contributed by atoms with Crippen molar-refractivity contribution in [3.63, 3.8) is 0 Å². The van der Waals surface area contributed by atoms with Crippen LogP contribution in [0.4, 0.5) is 0 Å². The third-order valence-corrected chi connectivity index (χ3v) is 3.05. The molecule has 0 amide bonds. The van der Waals surface area contributed by atoms with Crippen LogP contribution in [0.2, 0.25) is 0 Å². The van der Waals surface area contributed by atoms with Crippen LogP contribution in [0.1, 0.15) is 19.3 Å². The molecule has 0 bridgehead atoms. The van der Waals surface area contributed by atoms with Gasteiger partial charge in [-0.2, -0.15) is 0 Å². The van der Waals surface area contributed by atoms with E-state index in [4.69, 9.17) is 0 Å². The quantitative estimate of drug-likeness (QED) is 0.635. The smallest absolute Gasteiger partial charge is 0.152 e. The van der Waals surface area contributed by atoms with E-state index >= 15 is 0 Å². The maximum atomic E-state index is 11.0. The molecule has 0 spiro atoms. The first-order chi connectivity index (χ1) is 5.77. The van der Waals surface area contributed by atoms with Crippen LogP contribution in [0, 0.1) is 0 Å². The lowest BCUT2D eigenvalue weighted by molar-refractivity contribution is 0.444. The number of nitrogens with one attached hydrogen (secondary N) is 1. The molecule has 4 nitrogen and oxygen atoms in total. The Morgan fingerprint density at radius 3 is 2.92 bits per heavy atom. The molecule has 0 aromatic rings. The zero-order valence-corrected chi connectivity index (χ0v) is 8.38. The first-order valence-corrected chi connectivity index (χ1v) is 5.30. The van der Waals surface area contributed by atoms with Crippen LogP contribution in [-0.2, 0) is 15.1 Å². The number of hydrogen-bond donors (Lipinski definition) is 2. The van der Waals surface area contributed by atoms with Crippen molar-refractivity contribution in [1.29, 1.82) is 0 Å². The van der Waals surface area contributed by atoms with Gasteiger partial charge in [-0.1, -0.05) is 0 Å². The number of thiol groups is 1. The second kappa shape index (κ2) is 4.79. The van der Waals surface area contributed by atoms with Crippen LogP contribution >= 0.6 is 0 Å². The van der Waals surface area contributed by atoms with Gasteiger partial charge in [0, 0.05) is 6.04 Å². The molecule has 0 heterocycles. The summed E-state index contributed by atoms with van der Waals surface area (Å²) in [5.41, 5.74) is 0. The van der Waals surface area contributed by atoms with Crippen LogP contribution in [0.3, 0.4) is 0 Å². The van der Waals surface area contributed by atoms with Crippen molar-refractivity contribution in [3.05, 3.63) is 0 Å². The van der Waals surface area contributed by atoms with Gasteiger partial charge >= 0.3 is 0 Å². The molecule has 5 heteroatoms. The highest BCUT2D eigenvalue weighted by Crippen LogP contribution is 2.21. The molecular weight excluding hydrogens is 176 g/mol. The van der Waals surface area contributed by atoms with Crippen LogP contribution < -0.4 is 5.32 Å². The molecule has 0 saturated heterocycles. The normalized spacial score (nSPS) is 32.5. The molecule has 1 N–H and O–H groups in total. The zero-order chi connectivity index (χ0) is 8.97. The molecule has 0 aromatic heterocycles. The number of hydrogen-bond acceptors (Lipinski definition) is 4. The molecule has 0 aliphatic heterocycles. The molecule has 1 aliphatic rings. The lowest BCUT2D eigenvalue weighted by Crippen LogP contribution is -2.31. The molecule has 12 heavy (non-hydrogen) atoms. The molecule has 3 atom stereocenters. The lowest BCUT2D eigenvalue weighted by Gasteiger charge is -2.13. The van der Waals surface area contributed by atoms with Gasteiger partial charge in [-0.15, -0.1) is 0 Å². The van der Waals surface area contributed by atoms with Gasteiger partial charge in [0.2, 0.25) is 0 Å². The standard InChI is InChI=1S/C7H16N2O2S/c1-8-6-4-3-5-7(6)9-12(10)11-2/h6-8,12H,3-5H2,1-2H3. The Balaban J connectivity index is 2.56. The maximum absolute atomic E-state index is 11.0. The van der Waals surface area contributed by atoms with E-state index in [9.17, 15) is 4.21 Å².